The Kier molecular flexibility index (Phi) is 4.66. The third-order valence-electron chi connectivity index (χ3n) is 3.70. The molecule has 1 amide bonds. The van der Waals surface area contributed by atoms with Gasteiger partial charge < -0.3 is 20.5 Å². The van der Waals surface area contributed by atoms with E-state index >= 15 is 0 Å². The van der Waals surface area contributed by atoms with Gasteiger partial charge in [0.05, 0.1) is 18.3 Å². The zero-order valence-corrected chi connectivity index (χ0v) is 12.9. The standard InChI is InChI=1S/C16H24N2O3/c1-11-4-6-12(7-5-11)14(17)15(20)18-8-13(9-19)21-16(2,3)10-18/h4-7,13-14,19H,8-10,17H2,1-3H3. The molecule has 1 saturated heterocycles. The molecule has 1 aliphatic rings. The second-order valence-corrected chi connectivity index (χ2v) is 6.29. The van der Waals surface area contributed by atoms with E-state index in [1.54, 1.807) is 4.90 Å². The van der Waals surface area contributed by atoms with Gasteiger partial charge in [0.15, 0.2) is 0 Å². The summed E-state index contributed by atoms with van der Waals surface area (Å²) in [7, 11) is 0. The lowest BCUT2D eigenvalue weighted by atomic mass is 10.0. The molecule has 2 atom stereocenters. The number of aliphatic hydroxyl groups is 1. The Morgan fingerprint density at radius 1 is 1.48 bits per heavy atom. The lowest BCUT2D eigenvalue weighted by Gasteiger charge is -2.43. The van der Waals surface area contributed by atoms with Gasteiger partial charge in [-0.25, -0.2) is 0 Å². The van der Waals surface area contributed by atoms with Gasteiger partial charge >= 0.3 is 0 Å². The highest BCUT2D eigenvalue weighted by Gasteiger charge is 2.36. The van der Waals surface area contributed by atoms with Crippen molar-refractivity contribution in [3.63, 3.8) is 0 Å². The van der Waals surface area contributed by atoms with Gasteiger partial charge in [-0.05, 0) is 26.3 Å². The zero-order chi connectivity index (χ0) is 15.6. The van der Waals surface area contributed by atoms with Crippen molar-refractivity contribution in [1.82, 2.24) is 4.90 Å². The van der Waals surface area contributed by atoms with Crippen LogP contribution in [-0.2, 0) is 9.53 Å². The smallest absolute Gasteiger partial charge is 0.244 e. The van der Waals surface area contributed by atoms with E-state index in [2.05, 4.69) is 0 Å². The molecule has 0 spiro atoms. The van der Waals surface area contributed by atoms with Crippen molar-refractivity contribution in [1.29, 1.82) is 0 Å². The van der Waals surface area contributed by atoms with Crippen molar-refractivity contribution in [2.75, 3.05) is 19.7 Å². The number of amides is 1. The van der Waals surface area contributed by atoms with E-state index in [9.17, 15) is 9.90 Å². The van der Waals surface area contributed by atoms with Crippen LogP contribution >= 0.6 is 0 Å². The van der Waals surface area contributed by atoms with Gasteiger partial charge in [0, 0.05) is 13.1 Å². The van der Waals surface area contributed by atoms with Crippen LogP contribution in [-0.4, -0.2) is 47.3 Å². The number of ether oxygens (including phenoxy) is 1. The predicted octanol–water partition coefficient (Wildman–Crippen LogP) is 0.993. The quantitative estimate of drug-likeness (QED) is 0.871. The van der Waals surface area contributed by atoms with Gasteiger partial charge in [0.25, 0.3) is 0 Å². The number of rotatable bonds is 3. The number of hydrogen-bond acceptors (Lipinski definition) is 4. The second-order valence-electron chi connectivity index (χ2n) is 6.29. The number of aliphatic hydroxyl groups excluding tert-OH is 1. The summed E-state index contributed by atoms with van der Waals surface area (Å²) in [5.41, 5.74) is 7.55. The first-order valence-electron chi connectivity index (χ1n) is 7.22. The number of morpholine rings is 1. The van der Waals surface area contributed by atoms with E-state index in [1.807, 2.05) is 45.0 Å². The molecule has 5 heteroatoms. The van der Waals surface area contributed by atoms with E-state index in [1.165, 1.54) is 0 Å². The molecule has 1 aromatic carbocycles. The van der Waals surface area contributed by atoms with E-state index in [4.69, 9.17) is 10.5 Å². The molecule has 116 valence electrons. The van der Waals surface area contributed by atoms with Crippen LogP contribution in [0.4, 0.5) is 0 Å². The first-order chi connectivity index (χ1) is 9.82. The lowest BCUT2D eigenvalue weighted by molar-refractivity contribution is -0.168. The number of hydrogen-bond donors (Lipinski definition) is 2. The SMILES string of the molecule is Cc1ccc(C(N)C(=O)N2CC(CO)OC(C)(C)C2)cc1. The molecule has 3 N–H and O–H groups in total. The number of benzene rings is 1. The average Bonchev–Trinajstić information content (AvgIpc) is 2.44. The summed E-state index contributed by atoms with van der Waals surface area (Å²) >= 11 is 0. The molecular weight excluding hydrogens is 268 g/mol. The van der Waals surface area contributed by atoms with Crippen LogP contribution in [0.5, 0.6) is 0 Å². The molecule has 1 aliphatic heterocycles. The molecule has 1 heterocycles. The van der Waals surface area contributed by atoms with Crippen LogP contribution in [0.15, 0.2) is 24.3 Å². The van der Waals surface area contributed by atoms with Crippen molar-refractivity contribution in [2.24, 2.45) is 5.73 Å². The number of nitrogens with two attached hydrogens (primary N) is 1. The maximum absolute atomic E-state index is 12.6. The van der Waals surface area contributed by atoms with Gasteiger partial charge in [-0.1, -0.05) is 29.8 Å². The largest absolute Gasteiger partial charge is 0.394 e. The number of aryl methyl sites for hydroxylation is 1. The Labute approximate surface area is 125 Å². The number of carbonyl (C=O) groups is 1. The number of nitrogens with zero attached hydrogens (tertiary/aromatic N) is 1. The average molecular weight is 292 g/mol. The molecule has 0 radical (unpaired) electrons. The van der Waals surface area contributed by atoms with Gasteiger partial charge in [-0.15, -0.1) is 0 Å². The predicted molar refractivity (Wildman–Crippen MR) is 80.7 cm³/mol. The van der Waals surface area contributed by atoms with E-state index in [0.29, 0.717) is 13.1 Å². The first kappa shape index (κ1) is 15.9. The summed E-state index contributed by atoms with van der Waals surface area (Å²) in [5.74, 6) is -0.131. The third kappa shape index (κ3) is 3.81. The fraction of sp³-hybridized carbons (Fsp3) is 0.562. The molecule has 1 fully saturated rings. The molecule has 0 aromatic heterocycles. The molecule has 5 nitrogen and oxygen atoms in total. The van der Waals surface area contributed by atoms with Crippen LogP contribution in [0.2, 0.25) is 0 Å². The summed E-state index contributed by atoms with van der Waals surface area (Å²) < 4.78 is 5.72. The molecular formula is C16H24N2O3. The Balaban J connectivity index is 2.12. The van der Waals surface area contributed by atoms with Crippen molar-refractivity contribution >= 4 is 5.91 Å². The summed E-state index contributed by atoms with van der Waals surface area (Å²) in [4.78, 5) is 14.3. The Morgan fingerprint density at radius 3 is 2.67 bits per heavy atom. The molecule has 2 unspecified atom stereocenters. The van der Waals surface area contributed by atoms with Gasteiger partial charge in [0.1, 0.15) is 6.04 Å². The van der Waals surface area contributed by atoms with E-state index in [0.717, 1.165) is 11.1 Å². The fourth-order valence-electron chi connectivity index (χ4n) is 2.67. The van der Waals surface area contributed by atoms with Crippen LogP contribution < -0.4 is 5.73 Å². The van der Waals surface area contributed by atoms with Crippen LogP contribution in [0, 0.1) is 6.92 Å². The fourth-order valence-corrected chi connectivity index (χ4v) is 2.67. The third-order valence-corrected chi connectivity index (χ3v) is 3.70. The molecule has 0 aliphatic carbocycles. The Morgan fingerprint density at radius 2 is 2.10 bits per heavy atom. The van der Waals surface area contributed by atoms with Gasteiger partial charge in [0.2, 0.25) is 5.91 Å². The molecule has 21 heavy (non-hydrogen) atoms. The van der Waals surface area contributed by atoms with Crippen LogP contribution in [0.1, 0.15) is 31.0 Å². The first-order valence-corrected chi connectivity index (χ1v) is 7.22. The Bertz CT molecular complexity index is 499. The van der Waals surface area contributed by atoms with E-state index < -0.39 is 11.6 Å². The van der Waals surface area contributed by atoms with Gasteiger partial charge in [-0.3, -0.25) is 4.79 Å². The molecule has 2 rings (SSSR count). The minimum Gasteiger partial charge on any atom is -0.394 e. The minimum atomic E-state index is -0.682. The van der Waals surface area contributed by atoms with Crippen molar-refractivity contribution in [3.8, 4) is 0 Å². The maximum Gasteiger partial charge on any atom is 0.244 e. The summed E-state index contributed by atoms with van der Waals surface area (Å²) in [6.07, 6.45) is -0.358. The Hall–Kier alpha value is -1.43. The van der Waals surface area contributed by atoms with Crippen molar-refractivity contribution in [2.45, 2.75) is 38.5 Å². The summed E-state index contributed by atoms with van der Waals surface area (Å²) in [5, 5.41) is 9.31. The van der Waals surface area contributed by atoms with Gasteiger partial charge in [-0.2, -0.15) is 0 Å². The number of carbonyl (C=O) groups excluding carboxylic acids is 1. The lowest BCUT2D eigenvalue weighted by Crippen LogP contribution is -2.57. The highest BCUT2D eigenvalue weighted by Crippen LogP contribution is 2.23. The highest BCUT2D eigenvalue weighted by molar-refractivity contribution is 5.83. The maximum atomic E-state index is 12.6. The van der Waals surface area contributed by atoms with Crippen molar-refractivity contribution in [3.05, 3.63) is 35.4 Å². The normalized spacial score (nSPS) is 22.9. The van der Waals surface area contributed by atoms with E-state index in [-0.39, 0.29) is 18.6 Å². The summed E-state index contributed by atoms with van der Waals surface area (Å²) in [6, 6.07) is 6.98. The highest BCUT2D eigenvalue weighted by atomic mass is 16.5. The molecule has 1 aromatic rings. The minimum absolute atomic E-state index is 0.104. The summed E-state index contributed by atoms with van der Waals surface area (Å²) in [6.45, 7) is 6.56. The van der Waals surface area contributed by atoms with Crippen molar-refractivity contribution < 1.29 is 14.6 Å². The zero-order valence-electron chi connectivity index (χ0n) is 12.9. The topological polar surface area (TPSA) is 75.8 Å². The second kappa shape index (κ2) is 6.13. The van der Waals surface area contributed by atoms with Crippen LogP contribution in [0.25, 0.3) is 0 Å². The molecule has 0 bridgehead atoms. The molecule has 0 saturated carbocycles. The van der Waals surface area contributed by atoms with Crippen LogP contribution in [0.3, 0.4) is 0 Å². The monoisotopic (exact) mass is 292 g/mol.